The Labute approximate surface area is 85.8 Å². The third-order valence-corrected chi connectivity index (χ3v) is 2.52. The normalized spacial score (nSPS) is 15.1. The molecule has 1 atom stereocenters. The van der Waals surface area contributed by atoms with Crippen molar-refractivity contribution in [1.82, 2.24) is 0 Å². The van der Waals surface area contributed by atoms with E-state index < -0.39 is 0 Å². The van der Waals surface area contributed by atoms with Gasteiger partial charge < -0.3 is 10.8 Å². The first-order valence-corrected chi connectivity index (χ1v) is 5.05. The largest absolute Gasteiger partial charge is 0.390 e. The molecule has 0 saturated heterocycles. The van der Waals surface area contributed by atoms with Crippen LogP contribution in [0, 0.1) is 6.92 Å². The van der Waals surface area contributed by atoms with E-state index in [-0.39, 0.29) is 12.1 Å². The van der Waals surface area contributed by atoms with Gasteiger partial charge in [0.2, 0.25) is 0 Å². The van der Waals surface area contributed by atoms with Gasteiger partial charge in [0.15, 0.2) is 0 Å². The van der Waals surface area contributed by atoms with Crippen LogP contribution < -0.4 is 5.73 Å². The van der Waals surface area contributed by atoms with Gasteiger partial charge in [0.1, 0.15) is 5.54 Å². The van der Waals surface area contributed by atoms with Crippen LogP contribution in [0.15, 0.2) is 24.3 Å². The minimum Gasteiger partial charge on any atom is -0.390 e. The molecular weight excluding hydrogens is 174 g/mol. The highest BCUT2D eigenvalue weighted by atomic mass is 16.3. The van der Waals surface area contributed by atoms with Crippen LogP contribution in [0.2, 0.25) is 0 Å². The summed E-state index contributed by atoms with van der Waals surface area (Å²) in [5.41, 5.74) is 6.37. The van der Waals surface area contributed by atoms with Crippen LogP contribution in [-0.4, -0.2) is 17.3 Å². The highest BCUT2D eigenvalue weighted by molar-refractivity contribution is 5.21. The van der Waals surface area contributed by atoms with Gasteiger partial charge in [-0.15, -0.1) is 0 Å². The summed E-state index contributed by atoms with van der Waals surface area (Å²) in [6.07, 6.45) is 1.91. The fourth-order valence-electron chi connectivity index (χ4n) is 1.28. The summed E-state index contributed by atoms with van der Waals surface area (Å²) in [6.45, 7) is 4.23. The van der Waals surface area contributed by atoms with Crippen molar-refractivity contribution >= 4 is 0 Å². The van der Waals surface area contributed by atoms with Crippen molar-refractivity contribution < 1.29 is 10.8 Å². The summed E-state index contributed by atoms with van der Waals surface area (Å²) < 4.78 is 0. The maximum Gasteiger partial charge on any atom is 0.115 e. The van der Waals surface area contributed by atoms with Gasteiger partial charge in [0.05, 0.1) is 6.61 Å². The van der Waals surface area contributed by atoms with Crippen LogP contribution in [0.25, 0.3) is 0 Å². The Balaban J connectivity index is 2.50. The number of aliphatic hydroxyl groups is 1. The zero-order valence-electron chi connectivity index (χ0n) is 9.09. The SMILES string of the molecule is Cc1ccc(CC[C@@](C)([NH3+])CO)cc1. The number of rotatable bonds is 4. The molecule has 4 N–H and O–H groups in total. The third kappa shape index (κ3) is 3.48. The number of quaternary nitrogens is 1. The number of aryl methyl sites for hydroxylation is 2. The monoisotopic (exact) mass is 194 g/mol. The molecule has 0 spiro atoms. The first kappa shape index (κ1) is 11.2. The maximum atomic E-state index is 9.05. The van der Waals surface area contributed by atoms with E-state index in [0.717, 1.165) is 12.8 Å². The molecule has 0 radical (unpaired) electrons. The molecule has 0 amide bonds. The lowest BCUT2D eigenvalue weighted by Gasteiger charge is -2.17. The summed E-state index contributed by atoms with van der Waals surface area (Å²) in [7, 11) is 0. The van der Waals surface area contributed by atoms with Crippen molar-refractivity contribution in [3.05, 3.63) is 35.4 Å². The van der Waals surface area contributed by atoms with Crippen LogP contribution in [0.4, 0.5) is 0 Å². The molecule has 0 saturated carbocycles. The predicted molar refractivity (Wildman–Crippen MR) is 57.9 cm³/mol. The molecule has 0 aliphatic heterocycles. The topological polar surface area (TPSA) is 47.9 Å². The molecule has 2 heteroatoms. The molecule has 14 heavy (non-hydrogen) atoms. The van der Waals surface area contributed by atoms with Crippen molar-refractivity contribution in [2.45, 2.75) is 32.2 Å². The Morgan fingerprint density at radius 3 is 2.36 bits per heavy atom. The predicted octanol–water partition coefficient (Wildman–Crippen LogP) is 0.921. The van der Waals surface area contributed by atoms with Gasteiger partial charge >= 0.3 is 0 Å². The van der Waals surface area contributed by atoms with Crippen molar-refractivity contribution in [3.63, 3.8) is 0 Å². The molecular formula is C12H20NO+. The first-order valence-electron chi connectivity index (χ1n) is 5.05. The van der Waals surface area contributed by atoms with Gasteiger partial charge in [-0.2, -0.15) is 0 Å². The second-order valence-electron chi connectivity index (χ2n) is 4.45. The van der Waals surface area contributed by atoms with E-state index in [0.29, 0.717) is 0 Å². The molecule has 1 aromatic rings. The Morgan fingerprint density at radius 2 is 1.86 bits per heavy atom. The lowest BCUT2D eigenvalue weighted by molar-refractivity contribution is -0.479. The zero-order valence-corrected chi connectivity index (χ0v) is 9.09. The molecule has 78 valence electrons. The third-order valence-electron chi connectivity index (χ3n) is 2.52. The molecule has 0 aliphatic carbocycles. The van der Waals surface area contributed by atoms with Crippen molar-refractivity contribution in [1.29, 1.82) is 0 Å². The van der Waals surface area contributed by atoms with Gasteiger partial charge in [-0.3, -0.25) is 0 Å². The summed E-state index contributed by atoms with van der Waals surface area (Å²) in [6, 6.07) is 8.52. The van der Waals surface area contributed by atoms with Crippen LogP contribution in [0.3, 0.4) is 0 Å². The van der Waals surface area contributed by atoms with Crippen LogP contribution in [-0.2, 0) is 6.42 Å². The number of aliphatic hydroxyl groups excluding tert-OH is 1. The van der Waals surface area contributed by atoms with Crippen molar-refractivity contribution in [2.24, 2.45) is 0 Å². The summed E-state index contributed by atoms with van der Waals surface area (Å²) in [4.78, 5) is 0. The average molecular weight is 194 g/mol. The highest BCUT2D eigenvalue weighted by Crippen LogP contribution is 2.10. The Bertz CT molecular complexity index is 277. The molecule has 0 aliphatic rings. The van der Waals surface area contributed by atoms with Crippen molar-refractivity contribution in [3.8, 4) is 0 Å². The molecule has 0 aromatic heterocycles. The van der Waals surface area contributed by atoms with Gasteiger partial charge in [0, 0.05) is 6.42 Å². The molecule has 0 fully saturated rings. The lowest BCUT2D eigenvalue weighted by atomic mass is 9.95. The smallest absolute Gasteiger partial charge is 0.115 e. The molecule has 0 heterocycles. The Hall–Kier alpha value is -0.860. The fraction of sp³-hybridized carbons (Fsp3) is 0.500. The number of benzene rings is 1. The second kappa shape index (κ2) is 4.58. The van der Waals surface area contributed by atoms with Gasteiger partial charge in [0.25, 0.3) is 0 Å². The van der Waals surface area contributed by atoms with E-state index in [9.17, 15) is 0 Å². The van der Waals surface area contributed by atoms with Gasteiger partial charge in [-0.05, 0) is 25.8 Å². The summed E-state index contributed by atoms with van der Waals surface area (Å²) >= 11 is 0. The average Bonchev–Trinajstić information content (AvgIpc) is 2.17. The van der Waals surface area contributed by atoms with Crippen LogP contribution in [0.5, 0.6) is 0 Å². The molecule has 0 unspecified atom stereocenters. The Morgan fingerprint density at radius 1 is 1.29 bits per heavy atom. The minimum atomic E-state index is -0.203. The standard InChI is InChI=1S/C12H19NO/c1-10-3-5-11(6-4-10)7-8-12(2,13)9-14/h3-6,14H,7-9,13H2,1-2H3/p+1/t12-/m1/s1. The quantitative estimate of drug-likeness (QED) is 0.735. The van der Waals surface area contributed by atoms with E-state index in [2.05, 4.69) is 36.9 Å². The second-order valence-corrected chi connectivity index (χ2v) is 4.45. The van der Waals surface area contributed by atoms with Gasteiger partial charge in [-0.25, -0.2) is 0 Å². The van der Waals surface area contributed by atoms with E-state index in [1.54, 1.807) is 0 Å². The van der Waals surface area contributed by atoms with Crippen molar-refractivity contribution in [2.75, 3.05) is 6.61 Å². The molecule has 0 bridgehead atoms. The van der Waals surface area contributed by atoms with Crippen LogP contribution >= 0.6 is 0 Å². The first-order chi connectivity index (χ1) is 6.53. The maximum absolute atomic E-state index is 9.05. The number of hydrogen-bond donors (Lipinski definition) is 2. The zero-order chi connectivity index (χ0) is 10.6. The van der Waals surface area contributed by atoms with E-state index in [1.807, 2.05) is 6.92 Å². The lowest BCUT2D eigenvalue weighted by Crippen LogP contribution is -2.73. The minimum absolute atomic E-state index is 0.152. The molecule has 1 aromatic carbocycles. The molecule has 1 rings (SSSR count). The van der Waals surface area contributed by atoms with E-state index in [4.69, 9.17) is 5.11 Å². The summed E-state index contributed by atoms with van der Waals surface area (Å²) in [5, 5.41) is 9.05. The Kier molecular flexibility index (Phi) is 3.67. The van der Waals surface area contributed by atoms with E-state index in [1.165, 1.54) is 11.1 Å². The van der Waals surface area contributed by atoms with Gasteiger partial charge in [-0.1, -0.05) is 29.8 Å². The number of hydrogen-bond acceptors (Lipinski definition) is 1. The van der Waals surface area contributed by atoms with Crippen LogP contribution in [0.1, 0.15) is 24.5 Å². The molecule has 2 nitrogen and oxygen atoms in total. The fourth-order valence-corrected chi connectivity index (χ4v) is 1.28. The highest BCUT2D eigenvalue weighted by Gasteiger charge is 2.20. The summed E-state index contributed by atoms with van der Waals surface area (Å²) in [5.74, 6) is 0. The van der Waals surface area contributed by atoms with E-state index >= 15 is 0 Å².